The van der Waals surface area contributed by atoms with Gasteiger partial charge < -0.3 is 5.32 Å². The zero-order chi connectivity index (χ0) is 13.8. The molecule has 0 radical (unpaired) electrons. The van der Waals surface area contributed by atoms with Crippen molar-refractivity contribution >= 4 is 34.2 Å². The first-order valence-corrected chi connectivity index (χ1v) is 6.65. The van der Waals surface area contributed by atoms with E-state index in [0.717, 1.165) is 9.99 Å². The quantitative estimate of drug-likeness (QED) is 0.488. The topological polar surface area (TPSA) is 98.8 Å². The molecule has 0 aromatic carbocycles. The molecule has 0 saturated heterocycles. The van der Waals surface area contributed by atoms with E-state index in [1.807, 2.05) is 6.92 Å². The predicted molar refractivity (Wildman–Crippen MR) is 77.3 cm³/mol. The molecule has 1 N–H and O–H groups in total. The summed E-state index contributed by atoms with van der Waals surface area (Å²) in [6.07, 6.45) is 5.37. The number of nitrogens with zero attached hydrogens (tertiary/aromatic N) is 5. The van der Waals surface area contributed by atoms with Crippen LogP contribution >= 0.6 is 22.6 Å². The van der Waals surface area contributed by atoms with Crippen LogP contribution in [0.25, 0.3) is 5.82 Å². The Morgan fingerprint density at radius 3 is 2.89 bits per heavy atom. The number of rotatable bonds is 5. The van der Waals surface area contributed by atoms with Crippen LogP contribution in [0, 0.1) is 13.7 Å². The fourth-order valence-corrected chi connectivity index (χ4v) is 1.79. The average Bonchev–Trinajstić information content (AvgIpc) is 2.82. The number of aromatic nitrogens is 4. The molecule has 2 rings (SSSR count). The summed E-state index contributed by atoms with van der Waals surface area (Å²) in [4.78, 5) is 18.5. The highest BCUT2D eigenvalue weighted by Crippen LogP contribution is 2.21. The monoisotopic (exact) mass is 374 g/mol. The number of nitrogens with one attached hydrogen (secondary N) is 1. The van der Waals surface area contributed by atoms with Crippen LogP contribution < -0.4 is 5.32 Å². The van der Waals surface area contributed by atoms with E-state index in [-0.39, 0.29) is 11.5 Å². The summed E-state index contributed by atoms with van der Waals surface area (Å²) in [6.45, 7) is 2.71. The van der Waals surface area contributed by atoms with Crippen LogP contribution in [-0.2, 0) is 0 Å². The molecule has 0 saturated carbocycles. The molecule has 0 bridgehead atoms. The maximum atomic E-state index is 11.0. The van der Waals surface area contributed by atoms with Crippen LogP contribution in [-0.4, -0.2) is 31.2 Å². The largest absolute Gasteiger partial charge is 0.354 e. The lowest BCUT2D eigenvalue weighted by Crippen LogP contribution is -2.09. The first kappa shape index (κ1) is 13.6. The van der Waals surface area contributed by atoms with E-state index in [4.69, 9.17) is 0 Å². The maximum Gasteiger partial charge on any atom is 0.332 e. The first-order chi connectivity index (χ1) is 9.11. The zero-order valence-electron chi connectivity index (χ0n) is 10.1. The Kier molecular flexibility index (Phi) is 4.24. The second-order valence-electron chi connectivity index (χ2n) is 3.69. The standard InChI is InChI=1S/C10H11IN6O2/c1-2-3-12-10-13-5-8(17(18)19)9(15-10)16-6-7(11)4-14-16/h4-6H,2-3H2,1H3,(H,12,13,15). The molecule has 0 aliphatic rings. The fraction of sp³-hybridized carbons (Fsp3) is 0.300. The van der Waals surface area contributed by atoms with Crippen molar-refractivity contribution < 1.29 is 4.92 Å². The Hall–Kier alpha value is -1.78. The Bertz CT molecular complexity index is 599. The molecule has 100 valence electrons. The van der Waals surface area contributed by atoms with Gasteiger partial charge in [-0.2, -0.15) is 10.1 Å². The summed E-state index contributed by atoms with van der Waals surface area (Å²) in [7, 11) is 0. The molecule has 0 spiro atoms. The normalized spacial score (nSPS) is 10.4. The Morgan fingerprint density at radius 2 is 2.32 bits per heavy atom. The van der Waals surface area contributed by atoms with Crippen LogP contribution in [0.5, 0.6) is 0 Å². The zero-order valence-corrected chi connectivity index (χ0v) is 12.2. The number of hydrogen-bond acceptors (Lipinski definition) is 6. The Morgan fingerprint density at radius 1 is 1.53 bits per heavy atom. The minimum Gasteiger partial charge on any atom is -0.354 e. The molecule has 0 aliphatic heterocycles. The van der Waals surface area contributed by atoms with Crippen LogP contribution in [0.3, 0.4) is 0 Å². The van der Waals surface area contributed by atoms with Gasteiger partial charge in [0.1, 0.15) is 6.20 Å². The van der Waals surface area contributed by atoms with Gasteiger partial charge in [-0.25, -0.2) is 9.67 Å². The number of anilines is 1. The van der Waals surface area contributed by atoms with E-state index in [9.17, 15) is 10.1 Å². The van der Waals surface area contributed by atoms with Crippen molar-refractivity contribution in [2.45, 2.75) is 13.3 Å². The molecular weight excluding hydrogens is 363 g/mol. The minimum absolute atomic E-state index is 0.154. The van der Waals surface area contributed by atoms with Crippen molar-refractivity contribution in [1.29, 1.82) is 0 Å². The molecule has 0 unspecified atom stereocenters. The molecule has 8 nitrogen and oxygen atoms in total. The lowest BCUT2D eigenvalue weighted by atomic mass is 10.4. The minimum atomic E-state index is -0.520. The van der Waals surface area contributed by atoms with Crippen LogP contribution in [0.2, 0.25) is 0 Å². The first-order valence-electron chi connectivity index (χ1n) is 5.57. The molecule has 0 fully saturated rings. The molecule has 9 heteroatoms. The second kappa shape index (κ2) is 5.91. The summed E-state index contributed by atoms with van der Waals surface area (Å²) in [5, 5.41) is 18.0. The van der Waals surface area contributed by atoms with Gasteiger partial charge in [0, 0.05) is 12.7 Å². The van der Waals surface area contributed by atoms with Crippen LogP contribution in [0.4, 0.5) is 11.6 Å². The van der Waals surface area contributed by atoms with Crippen LogP contribution in [0.1, 0.15) is 13.3 Å². The number of nitro groups is 1. The van der Waals surface area contributed by atoms with Gasteiger partial charge in [0.2, 0.25) is 11.8 Å². The molecular formula is C10H11IN6O2. The van der Waals surface area contributed by atoms with Gasteiger partial charge >= 0.3 is 5.69 Å². The number of hydrogen-bond donors (Lipinski definition) is 1. The molecule has 2 aromatic heterocycles. The third-order valence-corrected chi connectivity index (χ3v) is 2.80. The molecule has 0 amide bonds. The van der Waals surface area contributed by atoms with Gasteiger partial charge in [0.15, 0.2) is 0 Å². The lowest BCUT2D eigenvalue weighted by molar-refractivity contribution is -0.385. The lowest BCUT2D eigenvalue weighted by Gasteiger charge is -2.05. The maximum absolute atomic E-state index is 11.0. The van der Waals surface area contributed by atoms with Crippen molar-refractivity contribution in [2.75, 3.05) is 11.9 Å². The summed E-state index contributed by atoms with van der Waals surface area (Å²) in [6, 6.07) is 0. The van der Waals surface area contributed by atoms with Crippen molar-refractivity contribution in [3.05, 3.63) is 32.3 Å². The van der Waals surface area contributed by atoms with Crippen molar-refractivity contribution in [3.8, 4) is 5.82 Å². The van der Waals surface area contributed by atoms with Gasteiger partial charge in [-0.15, -0.1) is 0 Å². The van der Waals surface area contributed by atoms with Gasteiger partial charge in [-0.05, 0) is 29.0 Å². The third-order valence-electron chi connectivity index (χ3n) is 2.25. The van der Waals surface area contributed by atoms with E-state index < -0.39 is 4.92 Å². The van der Waals surface area contributed by atoms with Crippen molar-refractivity contribution in [3.63, 3.8) is 0 Å². The average molecular weight is 374 g/mol. The summed E-state index contributed by atoms with van der Waals surface area (Å²) in [5.41, 5.74) is -0.179. The second-order valence-corrected chi connectivity index (χ2v) is 4.94. The van der Waals surface area contributed by atoms with Gasteiger partial charge in [-0.3, -0.25) is 10.1 Å². The molecule has 2 heterocycles. The predicted octanol–water partition coefficient (Wildman–Crippen LogP) is 2.00. The smallest absolute Gasteiger partial charge is 0.332 e. The van der Waals surface area contributed by atoms with Gasteiger partial charge in [0.25, 0.3) is 0 Å². The fourth-order valence-electron chi connectivity index (χ4n) is 1.40. The van der Waals surface area contributed by atoms with E-state index in [1.165, 1.54) is 10.9 Å². The van der Waals surface area contributed by atoms with Crippen molar-refractivity contribution in [1.82, 2.24) is 19.7 Å². The van der Waals surface area contributed by atoms with E-state index in [2.05, 4.69) is 43.0 Å². The van der Waals surface area contributed by atoms with Crippen LogP contribution in [0.15, 0.2) is 18.6 Å². The third kappa shape index (κ3) is 3.16. The van der Waals surface area contributed by atoms with Crippen molar-refractivity contribution in [2.24, 2.45) is 0 Å². The molecule has 0 atom stereocenters. The number of halogens is 1. The summed E-state index contributed by atoms with van der Waals surface area (Å²) >= 11 is 2.08. The van der Waals surface area contributed by atoms with E-state index >= 15 is 0 Å². The Balaban J connectivity index is 2.44. The SMILES string of the molecule is CCCNc1ncc([N+](=O)[O-])c(-n2cc(I)cn2)n1. The summed E-state index contributed by atoms with van der Waals surface area (Å²) < 4.78 is 2.24. The van der Waals surface area contributed by atoms with E-state index in [1.54, 1.807) is 12.4 Å². The van der Waals surface area contributed by atoms with E-state index in [0.29, 0.717) is 12.5 Å². The highest BCUT2D eigenvalue weighted by Gasteiger charge is 2.19. The highest BCUT2D eigenvalue weighted by molar-refractivity contribution is 14.1. The molecule has 2 aromatic rings. The van der Waals surface area contributed by atoms with Gasteiger partial charge in [0.05, 0.1) is 14.7 Å². The highest BCUT2D eigenvalue weighted by atomic mass is 127. The molecule has 0 aliphatic carbocycles. The Labute approximate surface area is 122 Å². The molecule has 19 heavy (non-hydrogen) atoms. The van der Waals surface area contributed by atoms with Gasteiger partial charge in [-0.1, -0.05) is 6.92 Å². The summed E-state index contributed by atoms with van der Waals surface area (Å²) in [5.74, 6) is 0.509.